The van der Waals surface area contributed by atoms with Crippen molar-refractivity contribution in [3.8, 4) is 17.2 Å². The van der Waals surface area contributed by atoms with E-state index in [1.54, 1.807) is 31.4 Å². The van der Waals surface area contributed by atoms with Gasteiger partial charge in [0, 0.05) is 11.1 Å². The number of benzene rings is 3. The monoisotopic (exact) mass is 419 g/mol. The van der Waals surface area contributed by atoms with Crippen LogP contribution in [-0.4, -0.2) is 25.9 Å². The van der Waals surface area contributed by atoms with E-state index < -0.39 is 6.10 Å². The lowest BCUT2D eigenvalue weighted by Crippen LogP contribution is -2.26. The van der Waals surface area contributed by atoms with E-state index in [2.05, 4.69) is 5.32 Å². The van der Waals surface area contributed by atoms with E-state index in [0.29, 0.717) is 34.1 Å². The fourth-order valence-corrected chi connectivity index (χ4v) is 3.13. The summed E-state index contributed by atoms with van der Waals surface area (Å²) in [5, 5.41) is 2.90. The average molecular weight is 419 g/mol. The number of carbonyl (C=O) groups excluding carboxylic acids is 2. The number of carbonyl (C=O) groups is 2. The molecule has 1 amide bonds. The van der Waals surface area contributed by atoms with Crippen molar-refractivity contribution in [2.75, 3.05) is 19.5 Å². The molecule has 0 saturated carbocycles. The predicted molar refractivity (Wildman–Crippen MR) is 119 cm³/mol. The van der Waals surface area contributed by atoms with Gasteiger partial charge < -0.3 is 19.5 Å². The molecule has 1 unspecified atom stereocenters. The molecule has 0 aliphatic heterocycles. The summed E-state index contributed by atoms with van der Waals surface area (Å²) in [4.78, 5) is 25.0. The van der Waals surface area contributed by atoms with Crippen molar-refractivity contribution in [1.82, 2.24) is 0 Å². The van der Waals surface area contributed by atoms with E-state index in [-0.39, 0.29) is 11.7 Å². The molecule has 1 atom stereocenters. The van der Waals surface area contributed by atoms with Gasteiger partial charge in [0.1, 0.15) is 5.75 Å². The maximum atomic E-state index is 13.3. The number of hydrogen-bond donors (Lipinski definition) is 1. The van der Waals surface area contributed by atoms with Crippen LogP contribution in [-0.2, 0) is 4.79 Å². The highest BCUT2D eigenvalue weighted by Crippen LogP contribution is 2.34. The first-order valence-corrected chi connectivity index (χ1v) is 9.79. The van der Waals surface area contributed by atoms with Crippen LogP contribution in [0.1, 0.15) is 34.5 Å². The third kappa shape index (κ3) is 5.22. The number of Topliss-reactive ketones (excluding diaryl/α,β-unsaturated/α-hetero) is 1. The molecule has 1 N–H and O–H groups in total. The number of hydrogen-bond acceptors (Lipinski definition) is 5. The highest BCUT2D eigenvalue weighted by atomic mass is 16.5. The van der Waals surface area contributed by atoms with Crippen molar-refractivity contribution in [3.05, 3.63) is 83.4 Å². The van der Waals surface area contributed by atoms with Gasteiger partial charge in [-0.05, 0) is 49.7 Å². The highest BCUT2D eigenvalue weighted by molar-refractivity contribution is 5.97. The molecule has 3 aromatic rings. The van der Waals surface area contributed by atoms with E-state index in [9.17, 15) is 9.59 Å². The van der Waals surface area contributed by atoms with Gasteiger partial charge in [0.05, 0.1) is 19.9 Å². The Hall–Kier alpha value is -3.80. The molecule has 0 aromatic heterocycles. The van der Waals surface area contributed by atoms with E-state index in [1.165, 1.54) is 14.0 Å². The molecular formula is C25H25NO5. The minimum absolute atomic E-state index is 0.0891. The molecule has 160 valence electrons. The van der Waals surface area contributed by atoms with Crippen LogP contribution in [0.4, 0.5) is 5.69 Å². The van der Waals surface area contributed by atoms with Gasteiger partial charge >= 0.3 is 0 Å². The fourth-order valence-electron chi connectivity index (χ4n) is 3.13. The van der Waals surface area contributed by atoms with Crippen LogP contribution >= 0.6 is 0 Å². The molecule has 6 nitrogen and oxygen atoms in total. The number of anilines is 1. The Bertz CT molecular complexity index is 1080. The lowest BCUT2D eigenvalue weighted by atomic mass is 10.1. The van der Waals surface area contributed by atoms with Gasteiger partial charge in [0.2, 0.25) is 6.10 Å². The van der Waals surface area contributed by atoms with Crippen LogP contribution in [0.2, 0.25) is 0 Å². The molecule has 0 spiro atoms. The minimum Gasteiger partial charge on any atom is -0.495 e. The molecule has 6 heteroatoms. The summed E-state index contributed by atoms with van der Waals surface area (Å²) >= 11 is 0. The molecular weight excluding hydrogens is 394 g/mol. The van der Waals surface area contributed by atoms with Gasteiger partial charge in [-0.3, -0.25) is 9.59 Å². The zero-order valence-corrected chi connectivity index (χ0v) is 18.0. The maximum absolute atomic E-state index is 13.3. The lowest BCUT2D eigenvalue weighted by molar-refractivity contribution is -0.123. The summed E-state index contributed by atoms with van der Waals surface area (Å²) in [5.41, 5.74) is 2.70. The Labute approximate surface area is 181 Å². The Morgan fingerprint density at radius 2 is 1.52 bits per heavy atom. The number of amides is 1. The summed E-state index contributed by atoms with van der Waals surface area (Å²) < 4.78 is 16.9. The number of rotatable bonds is 8. The number of nitrogens with one attached hydrogen (secondary N) is 1. The van der Waals surface area contributed by atoms with Gasteiger partial charge in [-0.2, -0.15) is 0 Å². The predicted octanol–water partition coefficient (Wildman–Crippen LogP) is 4.97. The summed E-state index contributed by atoms with van der Waals surface area (Å²) in [5.74, 6) is 0.818. The Morgan fingerprint density at radius 1 is 0.839 bits per heavy atom. The average Bonchev–Trinajstić information content (AvgIpc) is 2.78. The molecule has 0 fully saturated rings. The van der Waals surface area contributed by atoms with Gasteiger partial charge in [-0.15, -0.1) is 0 Å². The van der Waals surface area contributed by atoms with E-state index >= 15 is 0 Å². The summed E-state index contributed by atoms with van der Waals surface area (Å²) in [6, 6.07) is 19.6. The van der Waals surface area contributed by atoms with Crippen LogP contribution in [0.3, 0.4) is 0 Å². The SMILES string of the molecule is COc1ccc(C)cc1NC(=O)C(Oc1ccc(C(C)=O)cc1OC)c1ccccc1. The van der Waals surface area contributed by atoms with Gasteiger partial charge in [-0.1, -0.05) is 36.4 Å². The number of ether oxygens (including phenoxy) is 3. The Morgan fingerprint density at radius 3 is 2.16 bits per heavy atom. The topological polar surface area (TPSA) is 73.9 Å². The molecule has 0 bridgehead atoms. The van der Waals surface area contributed by atoms with Crippen LogP contribution < -0.4 is 19.5 Å². The standard InChI is InChI=1S/C25H25NO5/c1-16-10-12-21(29-3)20(14-16)26-25(28)24(18-8-6-5-7-9-18)31-22-13-11-19(17(2)27)15-23(22)30-4/h5-15,24H,1-4H3,(H,26,28). The third-order valence-electron chi connectivity index (χ3n) is 4.77. The minimum atomic E-state index is -0.955. The van der Waals surface area contributed by atoms with Crippen LogP contribution in [0, 0.1) is 6.92 Å². The molecule has 0 aliphatic rings. The number of aryl methyl sites for hydroxylation is 1. The molecule has 0 heterocycles. The fraction of sp³-hybridized carbons (Fsp3) is 0.200. The van der Waals surface area contributed by atoms with Gasteiger partial charge in [0.15, 0.2) is 17.3 Å². The quantitative estimate of drug-likeness (QED) is 0.522. The summed E-state index contributed by atoms with van der Waals surface area (Å²) in [6.07, 6.45) is -0.955. The third-order valence-corrected chi connectivity index (χ3v) is 4.77. The normalized spacial score (nSPS) is 11.4. The van der Waals surface area contributed by atoms with E-state index in [0.717, 1.165) is 5.56 Å². The Kier molecular flexibility index (Phi) is 6.92. The van der Waals surface area contributed by atoms with E-state index in [4.69, 9.17) is 14.2 Å². The van der Waals surface area contributed by atoms with Crippen LogP contribution in [0.25, 0.3) is 0 Å². The van der Waals surface area contributed by atoms with Crippen molar-refractivity contribution in [2.24, 2.45) is 0 Å². The Balaban J connectivity index is 1.96. The number of ketones is 1. The first-order valence-electron chi connectivity index (χ1n) is 9.79. The summed E-state index contributed by atoms with van der Waals surface area (Å²) in [7, 11) is 3.04. The maximum Gasteiger partial charge on any atom is 0.270 e. The second-order valence-electron chi connectivity index (χ2n) is 7.02. The highest BCUT2D eigenvalue weighted by Gasteiger charge is 2.25. The summed E-state index contributed by atoms with van der Waals surface area (Å²) in [6.45, 7) is 3.41. The van der Waals surface area contributed by atoms with Crippen LogP contribution in [0.5, 0.6) is 17.2 Å². The lowest BCUT2D eigenvalue weighted by Gasteiger charge is -2.21. The van der Waals surface area contributed by atoms with Crippen molar-refractivity contribution >= 4 is 17.4 Å². The first kappa shape index (κ1) is 21.9. The second kappa shape index (κ2) is 9.80. The zero-order valence-electron chi connectivity index (χ0n) is 18.0. The molecule has 31 heavy (non-hydrogen) atoms. The van der Waals surface area contributed by atoms with Gasteiger partial charge in [0.25, 0.3) is 5.91 Å². The molecule has 0 aliphatic carbocycles. The van der Waals surface area contributed by atoms with Crippen molar-refractivity contribution in [3.63, 3.8) is 0 Å². The molecule has 0 radical (unpaired) electrons. The zero-order chi connectivity index (χ0) is 22.4. The molecule has 3 aromatic carbocycles. The van der Waals surface area contributed by atoms with Crippen molar-refractivity contribution < 1.29 is 23.8 Å². The van der Waals surface area contributed by atoms with Crippen molar-refractivity contribution in [1.29, 1.82) is 0 Å². The smallest absolute Gasteiger partial charge is 0.270 e. The number of methoxy groups -OCH3 is 2. The van der Waals surface area contributed by atoms with E-state index in [1.807, 2.05) is 49.4 Å². The van der Waals surface area contributed by atoms with Crippen molar-refractivity contribution in [2.45, 2.75) is 20.0 Å². The second-order valence-corrected chi connectivity index (χ2v) is 7.02. The van der Waals surface area contributed by atoms with Gasteiger partial charge in [-0.25, -0.2) is 0 Å². The van der Waals surface area contributed by atoms with Crippen LogP contribution in [0.15, 0.2) is 66.7 Å². The molecule has 3 rings (SSSR count). The largest absolute Gasteiger partial charge is 0.495 e. The molecule has 0 saturated heterocycles. The first-order chi connectivity index (χ1) is 14.9.